The molecule has 50 heavy (non-hydrogen) atoms. The number of fused-ring (bicyclic) bond motifs is 5. The molecule has 3 saturated carbocycles. The Morgan fingerprint density at radius 2 is 1.54 bits per heavy atom. The Labute approximate surface area is 298 Å². The van der Waals surface area contributed by atoms with E-state index >= 15 is 0 Å². The first-order valence-corrected chi connectivity index (χ1v) is 21.3. The largest absolute Gasteiger partial charge is 0.469 e. The van der Waals surface area contributed by atoms with Gasteiger partial charge in [-0.25, -0.2) is 4.57 Å². The molecule has 0 bridgehead atoms. The van der Waals surface area contributed by atoms with Crippen molar-refractivity contribution in [3.63, 3.8) is 0 Å². The molecule has 8 atom stereocenters. The average Bonchev–Trinajstić information content (AvgIpc) is 3.86. The molecule has 7 aliphatic rings. The van der Waals surface area contributed by atoms with Gasteiger partial charge in [-0.1, -0.05) is 32.4 Å². The zero-order valence-corrected chi connectivity index (χ0v) is 31.4. The minimum Gasteiger partial charge on any atom is -0.356 e. The maximum atomic E-state index is 14.3. The van der Waals surface area contributed by atoms with Crippen molar-refractivity contribution < 1.29 is 23.7 Å². The van der Waals surface area contributed by atoms with E-state index in [4.69, 9.17) is 14.5 Å². The number of carbonyl (C=O) groups is 1. The molecule has 0 aromatic carbocycles. The molecular formula is C38H59N6O5P. The maximum absolute atomic E-state index is 14.3. The van der Waals surface area contributed by atoms with Crippen molar-refractivity contribution >= 4 is 31.2 Å². The smallest absolute Gasteiger partial charge is 0.356 e. The zero-order valence-electron chi connectivity index (χ0n) is 30.5. The van der Waals surface area contributed by atoms with Gasteiger partial charge in [0.1, 0.15) is 11.6 Å². The Balaban J connectivity index is 0.915. The van der Waals surface area contributed by atoms with Crippen LogP contribution in [-0.4, -0.2) is 95.4 Å². The van der Waals surface area contributed by atoms with E-state index in [-0.39, 0.29) is 16.7 Å². The molecule has 1 aromatic heterocycles. The van der Waals surface area contributed by atoms with Crippen LogP contribution in [0.5, 0.6) is 0 Å². The topological polar surface area (TPSA) is 123 Å². The van der Waals surface area contributed by atoms with Gasteiger partial charge in [-0.15, -0.1) is 0 Å². The Kier molecular flexibility index (Phi) is 9.40. The number of aromatic nitrogens is 2. The van der Waals surface area contributed by atoms with E-state index in [9.17, 15) is 19.1 Å². The normalized spacial score (nSPS) is 37.8. The Morgan fingerprint density at radius 1 is 0.900 bits per heavy atom. The summed E-state index contributed by atoms with van der Waals surface area (Å²) in [5.41, 5.74) is 1.42. The summed E-state index contributed by atoms with van der Waals surface area (Å²) in [6.07, 6.45) is 13.4. The quantitative estimate of drug-likeness (QED) is 0.256. The molecule has 0 radical (unpaired) electrons. The lowest BCUT2D eigenvalue weighted by molar-refractivity contribution is -0.132. The lowest BCUT2D eigenvalue weighted by Crippen LogP contribution is -2.53. The average molecular weight is 711 g/mol. The van der Waals surface area contributed by atoms with Gasteiger partial charge in [0.25, 0.3) is 0 Å². The lowest BCUT2D eigenvalue weighted by atomic mass is 9.47. The first-order chi connectivity index (χ1) is 23.9. The number of anilines is 3. The van der Waals surface area contributed by atoms with Gasteiger partial charge >= 0.3 is 7.82 Å². The lowest BCUT2D eigenvalue weighted by Gasteiger charge is -2.58. The first kappa shape index (κ1) is 35.0. The number of carbonyl (C=O) groups excluding carboxylic acids is 1. The molecule has 0 spiro atoms. The number of allylic oxidation sites excluding steroid dienone is 1. The molecule has 1 unspecified atom stereocenters. The molecule has 0 amide bonds. The van der Waals surface area contributed by atoms with E-state index in [1.807, 2.05) is 0 Å². The predicted molar refractivity (Wildman–Crippen MR) is 195 cm³/mol. The molecule has 4 heterocycles. The maximum Gasteiger partial charge on any atom is 0.469 e. The SMILES string of the molecule is C[C@@H]1C[C@H]2[C@@H]3CC=C4CC(OP(=O)(O)O)CC[C@]4(C)[C@H]3CC[C@]2(C)[C@H]1C(=O)CN1CCN(c2cc(N3CCCC3)nc(N3CCCC3)n2)CC1. The van der Waals surface area contributed by atoms with Crippen LogP contribution < -0.4 is 14.7 Å². The second-order valence-electron chi connectivity index (χ2n) is 17.5. The fourth-order valence-corrected chi connectivity index (χ4v) is 12.7. The number of phosphoric acid groups is 1. The Morgan fingerprint density at radius 3 is 2.20 bits per heavy atom. The van der Waals surface area contributed by atoms with Crippen LogP contribution in [0, 0.1) is 40.4 Å². The fourth-order valence-electron chi connectivity index (χ4n) is 12.2. The van der Waals surface area contributed by atoms with E-state index < -0.39 is 13.9 Å². The monoisotopic (exact) mass is 710 g/mol. The van der Waals surface area contributed by atoms with E-state index in [1.54, 1.807) is 0 Å². The van der Waals surface area contributed by atoms with Gasteiger partial charge in [0.05, 0.1) is 12.6 Å². The van der Waals surface area contributed by atoms with E-state index in [0.29, 0.717) is 48.8 Å². The number of ketones is 1. The van der Waals surface area contributed by atoms with Crippen molar-refractivity contribution in [2.24, 2.45) is 40.4 Å². The molecule has 6 fully saturated rings. The number of piperazine rings is 1. The highest BCUT2D eigenvalue weighted by atomic mass is 31.2. The third kappa shape index (κ3) is 6.46. The summed E-state index contributed by atoms with van der Waals surface area (Å²) < 4.78 is 16.7. The van der Waals surface area contributed by atoms with Crippen molar-refractivity contribution in [3.8, 4) is 0 Å². The summed E-state index contributed by atoms with van der Waals surface area (Å²) >= 11 is 0. The summed E-state index contributed by atoms with van der Waals surface area (Å²) in [6.45, 7) is 15.4. The number of hydrogen-bond acceptors (Lipinski definition) is 9. The van der Waals surface area contributed by atoms with Crippen LogP contribution in [0.15, 0.2) is 17.7 Å². The summed E-state index contributed by atoms with van der Waals surface area (Å²) in [5, 5.41) is 0. The molecule has 3 saturated heterocycles. The molecule has 8 rings (SSSR count). The van der Waals surface area contributed by atoms with Crippen LogP contribution in [0.4, 0.5) is 17.6 Å². The van der Waals surface area contributed by atoms with Gasteiger partial charge in [0, 0.05) is 64.3 Å². The van der Waals surface area contributed by atoms with E-state index in [1.165, 1.54) is 31.3 Å². The molecule has 11 nitrogen and oxygen atoms in total. The highest BCUT2D eigenvalue weighted by Crippen LogP contribution is 2.67. The minimum atomic E-state index is -4.50. The summed E-state index contributed by atoms with van der Waals surface area (Å²) in [5.74, 6) is 5.58. The van der Waals surface area contributed by atoms with Gasteiger partial charge in [-0.2, -0.15) is 9.97 Å². The van der Waals surface area contributed by atoms with Gasteiger partial charge in [0.2, 0.25) is 5.95 Å². The number of nitrogens with zero attached hydrogens (tertiary/aromatic N) is 6. The highest BCUT2D eigenvalue weighted by molar-refractivity contribution is 7.46. The molecule has 2 N–H and O–H groups in total. The standard InChI is InChI=1S/C38H59N6O5P/c1-26-22-31-29-9-8-27-23-28(49-50(46,47)48)10-12-37(27,2)30(29)11-13-38(31,3)35(26)32(45)25-41-18-20-43(21-19-41)34-24-33(42-14-4-5-15-42)39-36(40-34)44-16-6-7-17-44/h8,24,26,28-31,35H,4-7,9-23,25H2,1-3H3,(H2,46,47,48)/t26-,28?,29-,30+,31+,35-,37+,38+/m1/s1. The van der Waals surface area contributed by atoms with Crippen LogP contribution in [0.1, 0.15) is 91.4 Å². The van der Waals surface area contributed by atoms with Gasteiger partial charge < -0.3 is 24.5 Å². The predicted octanol–water partition coefficient (Wildman–Crippen LogP) is 5.67. The molecule has 12 heteroatoms. The molecule has 3 aliphatic heterocycles. The third-order valence-electron chi connectivity index (χ3n) is 14.6. The van der Waals surface area contributed by atoms with Gasteiger partial charge in [-0.05, 0) is 105 Å². The second kappa shape index (κ2) is 13.4. The molecule has 1 aromatic rings. The van der Waals surface area contributed by atoms with Gasteiger partial charge in [0.15, 0.2) is 5.78 Å². The van der Waals surface area contributed by atoms with E-state index in [0.717, 1.165) is 102 Å². The van der Waals surface area contributed by atoms with Crippen molar-refractivity contribution in [2.45, 2.75) is 97.5 Å². The third-order valence-corrected chi connectivity index (χ3v) is 15.2. The Bertz CT molecular complexity index is 1480. The first-order valence-electron chi connectivity index (χ1n) is 19.7. The molecule has 4 aliphatic carbocycles. The number of phosphoric ester groups is 1. The summed E-state index contributed by atoms with van der Waals surface area (Å²) in [4.78, 5) is 52.9. The van der Waals surface area contributed by atoms with Crippen LogP contribution in [-0.2, 0) is 13.9 Å². The summed E-state index contributed by atoms with van der Waals surface area (Å²) in [7, 11) is -4.50. The highest BCUT2D eigenvalue weighted by Gasteiger charge is 2.61. The van der Waals surface area contributed by atoms with Crippen molar-refractivity contribution in [3.05, 3.63) is 17.7 Å². The number of rotatable bonds is 8. The van der Waals surface area contributed by atoms with Crippen LogP contribution in [0.2, 0.25) is 0 Å². The molecular weight excluding hydrogens is 651 g/mol. The van der Waals surface area contributed by atoms with Crippen molar-refractivity contribution in [1.82, 2.24) is 14.9 Å². The van der Waals surface area contributed by atoms with Crippen LogP contribution in [0.25, 0.3) is 0 Å². The fraction of sp³-hybridized carbons (Fsp3) is 0.816. The van der Waals surface area contributed by atoms with Crippen molar-refractivity contribution in [2.75, 3.05) is 73.6 Å². The molecule has 276 valence electrons. The summed E-state index contributed by atoms with van der Waals surface area (Å²) in [6, 6.07) is 2.20. The second-order valence-corrected chi connectivity index (χ2v) is 18.6. The van der Waals surface area contributed by atoms with Gasteiger partial charge in [-0.3, -0.25) is 14.2 Å². The van der Waals surface area contributed by atoms with E-state index in [2.05, 4.69) is 52.5 Å². The van der Waals surface area contributed by atoms with Crippen molar-refractivity contribution in [1.29, 1.82) is 0 Å². The zero-order chi connectivity index (χ0) is 34.8. The number of hydrogen-bond donors (Lipinski definition) is 2. The number of Topliss-reactive ketones (excluding diaryl/α,β-unsaturated/α-hetero) is 1. The Hall–Kier alpha value is -2.04. The van der Waals surface area contributed by atoms with Crippen LogP contribution >= 0.6 is 7.82 Å². The van der Waals surface area contributed by atoms with Crippen LogP contribution in [0.3, 0.4) is 0 Å². The minimum absolute atomic E-state index is 0.0286.